The van der Waals surface area contributed by atoms with Crippen molar-refractivity contribution in [1.82, 2.24) is 0 Å². The molecule has 0 aliphatic heterocycles. The van der Waals surface area contributed by atoms with Crippen LogP contribution in [0.2, 0.25) is 0 Å². The maximum atomic E-state index is 11.3. The summed E-state index contributed by atoms with van der Waals surface area (Å²) >= 11 is 0. The van der Waals surface area contributed by atoms with Gasteiger partial charge in [0.05, 0.1) is 0 Å². The van der Waals surface area contributed by atoms with Crippen molar-refractivity contribution in [2.45, 2.75) is 26.2 Å². The van der Waals surface area contributed by atoms with Crippen LogP contribution < -0.4 is 5.32 Å². The van der Waals surface area contributed by atoms with Gasteiger partial charge in [0.15, 0.2) is 0 Å². The summed E-state index contributed by atoms with van der Waals surface area (Å²) < 4.78 is 4.82. The van der Waals surface area contributed by atoms with Gasteiger partial charge in [0.2, 0.25) is 0 Å². The van der Waals surface area contributed by atoms with Crippen molar-refractivity contribution in [3.8, 4) is 0 Å². The van der Waals surface area contributed by atoms with Crippen LogP contribution in [0.4, 0.5) is 10.5 Å². The average Bonchev–Trinajstić information content (AvgIpc) is 2.26. The Labute approximate surface area is 102 Å². The summed E-state index contributed by atoms with van der Waals surface area (Å²) in [6.07, 6.45) is 1.07. The van der Waals surface area contributed by atoms with E-state index in [1.807, 2.05) is 24.3 Å². The van der Waals surface area contributed by atoms with Crippen LogP contribution in [0, 0.1) is 0 Å². The molecule has 0 saturated carbocycles. The summed E-state index contributed by atoms with van der Waals surface area (Å²) in [4.78, 5) is 11.3. The highest BCUT2D eigenvalue weighted by atomic mass is 16.5. The maximum absolute atomic E-state index is 11.3. The van der Waals surface area contributed by atoms with E-state index < -0.39 is 6.09 Å². The third-order valence-electron chi connectivity index (χ3n) is 2.33. The Hall–Kier alpha value is -1.77. The van der Waals surface area contributed by atoms with Gasteiger partial charge in [0.1, 0.15) is 6.61 Å². The van der Waals surface area contributed by atoms with E-state index in [1.54, 1.807) is 0 Å². The molecule has 0 heterocycles. The van der Waals surface area contributed by atoms with E-state index in [1.165, 1.54) is 11.6 Å². The van der Waals surface area contributed by atoms with E-state index in [-0.39, 0.29) is 12.0 Å². The van der Waals surface area contributed by atoms with Crippen LogP contribution in [0.15, 0.2) is 36.9 Å². The molecule has 0 atom stereocenters. The number of amides is 1. The first-order chi connectivity index (χ1) is 7.93. The van der Waals surface area contributed by atoms with Gasteiger partial charge in [-0.15, -0.1) is 0 Å². The molecule has 92 valence electrons. The zero-order valence-corrected chi connectivity index (χ0v) is 10.6. The van der Waals surface area contributed by atoms with Gasteiger partial charge in [-0.1, -0.05) is 45.6 Å². The van der Waals surface area contributed by atoms with Crippen LogP contribution in [0.3, 0.4) is 0 Å². The first kappa shape index (κ1) is 13.3. The third kappa shape index (κ3) is 4.31. The highest BCUT2D eigenvalue weighted by Gasteiger charge is 2.13. The third-order valence-corrected chi connectivity index (χ3v) is 2.33. The van der Waals surface area contributed by atoms with Crippen LogP contribution in [-0.4, -0.2) is 12.7 Å². The first-order valence-corrected chi connectivity index (χ1v) is 5.58. The lowest BCUT2D eigenvalue weighted by Crippen LogP contribution is -2.14. The topological polar surface area (TPSA) is 38.3 Å². The smallest absolute Gasteiger partial charge is 0.411 e. The number of rotatable bonds is 3. The molecule has 0 bridgehead atoms. The second-order valence-corrected chi connectivity index (χ2v) is 4.84. The Morgan fingerprint density at radius 3 is 2.41 bits per heavy atom. The van der Waals surface area contributed by atoms with Gasteiger partial charge in [-0.3, -0.25) is 5.32 Å². The molecule has 1 aromatic carbocycles. The molecule has 0 spiro atoms. The molecule has 17 heavy (non-hydrogen) atoms. The van der Waals surface area contributed by atoms with E-state index in [2.05, 4.69) is 32.7 Å². The minimum absolute atomic E-state index is 0.113. The molecule has 0 aliphatic rings. The molecular weight excluding hydrogens is 214 g/mol. The quantitative estimate of drug-likeness (QED) is 0.808. The number of anilines is 1. The van der Waals surface area contributed by atoms with Crippen molar-refractivity contribution in [3.63, 3.8) is 0 Å². The number of ether oxygens (including phenoxy) is 1. The largest absolute Gasteiger partial charge is 0.445 e. The summed E-state index contributed by atoms with van der Waals surface area (Å²) in [5, 5.41) is 2.65. The molecular formula is C14H19NO2. The highest BCUT2D eigenvalue weighted by molar-refractivity contribution is 5.84. The molecule has 1 amide bonds. The fourth-order valence-electron chi connectivity index (χ4n) is 1.34. The van der Waals surface area contributed by atoms with Crippen molar-refractivity contribution >= 4 is 11.8 Å². The fraction of sp³-hybridized carbons (Fsp3) is 0.357. The van der Waals surface area contributed by atoms with Gasteiger partial charge in [-0.2, -0.15) is 0 Å². The lowest BCUT2D eigenvalue weighted by atomic mass is 9.87. The number of hydrogen-bond donors (Lipinski definition) is 1. The summed E-state index contributed by atoms with van der Waals surface area (Å²) in [5.41, 5.74) is 2.07. The zero-order valence-electron chi connectivity index (χ0n) is 10.6. The van der Waals surface area contributed by atoms with E-state index in [9.17, 15) is 4.79 Å². The van der Waals surface area contributed by atoms with Crippen molar-refractivity contribution in [2.75, 3.05) is 11.9 Å². The van der Waals surface area contributed by atoms with Gasteiger partial charge in [0, 0.05) is 5.69 Å². The molecule has 0 unspecified atom stereocenters. The van der Waals surface area contributed by atoms with Crippen LogP contribution in [0.25, 0.3) is 0 Å². The first-order valence-electron chi connectivity index (χ1n) is 5.58. The van der Waals surface area contributed by atoms with Crippen molar-refractivity contribution in [2.24, 2.45) is 0 Å². The Bertz CT molecular complexity index is 388. The molecule has 0 saturated heterocycles. The fourth-order valence-corrected chi connectivity index (χ4v) is 1.34. The van der Waals surface area contributed by atoms with E-state index >= 15 is 0 Å². The minimum Gasteiger partial charge on any atom is -0.445 e. The van der Waals surface area contributed by atoms with Gasteiger partial charge in [0.25, 0.3) is 0 Å². The lowest BCUT2D eigenvalue weighted by Gasteiger charge is -2.19. The SMILES string of the molecule is C=CCOC(=O)Nc1ccc(C(C)(C)C)cc1. The Balaban J connectivity index is 2.62. The number of hydrogen-bond acceptors (Lipinski definition) is 2. The van der Waals surface area contributed by atoms with E-state index in [4.69, 9.17) is 4.74 Å². The predicted molar refractivity (Wildman–Crippen MR) is 70.3 cm³/mol. The molecule has 0 aliphatic carbocycles. The Morgan fingerprint density at radius 1 is 1.35 bits per heavy atom. The van der Waals surface area contributed by atoms with Gasteiger partial charge >= 0.3 is 6.09 Å². The number of nitrogens with one attached hydrogen (secondary N) is 1. The van der Waals surface area contributed by atoms with Crippen LogP contribution in [0.1, 0.15) is 26.3 Å². The van der Waals surface area contributed by atoms with Crippen LogP contribution in [0.5, 0.6) is 0 Å². The maximum Gasteiger partial charge on any atom is 0.411 e. The van der Waals surface area contributed by atoms with Crippen molar-refractivity contribution in [3.05, 3.63) is 42.5 Å². The molecule has 1 N–H and O–H groups in total. The minimum atomic E-state index is -0.464. The summed E-state index contributed by atoms with van der Waals surface area (Å²) in [6, 6.07) is 7.75. The van der Waals surface area contributed by atoms with Gasteiger partial charge < -0.3 is 4.74 Å². The number of carbonyl (C=O) groups is 1. The second kappa shape index (κ2) is 5.53. The normalized spacial score (nSPS) is 10.8. The summed E-state index contributed by atoms with van der Waals surface area (Å²) in [6.45, 7) is 10.1. The van der Waals surface area contributed by atoms with Crippen LogP contribution in [-0.2, 0) is 10.2 Å². The standard InChI is InChI=1S/C14H19NO2/c1-5-10-17-13(16)15-12-8-6-11(7-9-12)14(2,3)4/h5-9H,1,10H2,2-4H3,(H,15,16). The molecule has 3 heteroatoms. The van der Waals surface area contributed by atoms with Crippen molar-refractivity contribution < 1.29 is 9.53 Å². The zero-order chi connectivity index (χ0) is 12.9. The van der Waals surface area contributed by atoms with Gasteiger partial charge in [-0.25, -0.2) is 4.79 Å². The molecule has 3 nitrogen and oxygen atoms in total. The molecule has 0 fully saturated rings. The number of carbonyl (C=O) groups excluding carboxylic acids is 1. The monoisotopic (exact) mass is 233 g/mol. The predicted octanol–water partition coefficient (Wildman–Crippen LogP) is 3.72. The molecule has 1 aromatic rings. The highest BCUT2D eigenvalue weighted by Crippen LogP contribution is 2.23. The lowest BCUT2D eigenvalue weighted by molar-refractivity contribution is 0.174. The van der Waals surface area contributed by atoms with E-state index in [0.29, 0.717) is 0 Å². The van der Waals surface area contributed by atoms with Gasteiger partial charge in [-0.05, 0) is 23.1 Å². The van der Waals surface area contributed by atoms with Crippen LogP contribution >= 0.6 is 0 Å². The summed E-state index contributed by atoms with van der Waals surface area (Å²) in [5.74, 6) is 0. The molecule has 1 rings (SSSR count). The Morgan fingerprint density at radius 2 is 1.94 bits per heavy atom. The molecule has 0 aromatic heterocycles. The molecule has 0 radical (unpaired) electrons. The Kier molecular flexibility index (Phi) is 4.32. The van der Waals surface area contributed by atoms with Crippen molar-refractivity contribution in [1.29, 1.82) is 0 Å². The average molecular weight is 233 g/mol. The second-order valence-electron chi connectivity index (χ2n) is 4.84. The summed E-state index contributed by atoms with van der Waals surface area (Å²) in [7, 11) is 0. The number of benzene rings is 1. The van der Waals surface area contributed by atoms with E-state index in [0.717, 1.165) is 5.69 Å².